The summed E-state index contributed by atoms with van der Waals surface area (Å²) in [5.74, 6) is 1.50. The van der Waals surface area contributed by atoms with E-state index in [1.165, 1.54) is 5.56 Å². The van der Waals surface area contributed by atoms with Crippen LogP contribution in [0.2, 0.25) is 0 Å². The number of para-hydroxylation sites is 1. The molecule has 0 aliphatic heterocycles. The molecule has 3 rings (SSSR count). The fourth-order valence-corrected chi connectivity index (χ4v) is 2.47. The number of benzene rings is 1. The zero-order chi connectivity index (χ0) is 14.8. The number of hydrogen-bond donors (Lipinski definition) is 1. The van der Waals surface area contributed by atoms with Crippen molar-refractivity contribution in [3.63, 3.8) is 0 Å². The van der Waals surface area contributed by atoms with Gasteiger partial charge in [0, 0.05) is 13.2 Å². The molecule has 2 heterocycles. The molecule has 0 amide bonds. The lowest BCUT2D eigenvalue weighted by atomic mass is 10.2. The third-order valence-electron chi connectivity index (χ3n) is 3.53. The van der Waals surface area contributed by atoms with Crippen LogP contribution in [0.25, 0.3) is 11.0 Å². The van der Waals surface area contributed by atoms with E-state index in [2.05, 4.69) is 38.9 Å². The SMILES string of the molecule is Cc1cccc2nc(CNc3ncccc3C#N)n(C)c12. The largest absolute Gasteiger partial charge is 0.362 e. The highest BCUT2D eigenvalue weighted by molar-refractivity contribution is 5.79. The van der Waals surface area contributed by atoms with Gasteiger partial charge in [-0.25, -0.2) is 9.97 Å². The lowest BCUT2D eigenvalue weighted by Gasteiger charge is -2.07. The zero-order valence-corrected chi connectivity index (χ0v) is 12.0. The lowest BCUT2D eigenvalue weighted by molar-refractivity contribution is 0.830. The normalized spacial score (nSPS) is 10.5. The molecule has 0 unspecified atom stereocenters. The number of imidazole rings is 1. The summed E-state index contributed by atoms with van der Waals surface area (Å²) in [6, 6.07) is 11.7. The molecule has 0 bridgehead atoms. The summed E-state index contributed by atoms with van der Waals surface area (Å²) in [7, 11) is 2.00. The second-order valence-electron chi connectivity index (χ2n) is 4.89. The Morgan fingerprint density at radius 1 is 1.29 bits per heavy atom. The predicted molar refractivity (Wildman–Crippen MR) is 81.7 cm³/mol. The molecule has 1 aromatic carbocycles. The first-order valence-corrected chi connectivity index (χ1v) is 6.70. The molecule has 0 atom stereocenters. The Labute approximate surface area is 122 Å². The van der Waals surface area contributed by atoms with Gasteiger partial charge < -0.3 is 9.88 Å². The first-order chi connectivity index (χ1) is 10.2. The number of pyridine rings is 1. The van der Waals surface area contributed by atoms with Gasteiger partial charge in [0.15, 0.2) is 0 Å². The Morgan fingerprint density at radius 2 is 2.14 bits per heavy atom. The Hall–Kier alpha value is -2.87. The molecular weight excluding hydrogens is 262 g/mol. The monoisotopic (exact) mass is 277 g/mol. The van der Waals surface area contributed by atoms with Crippen LogP contribution in [-0.4, -0.2) is 14.5 Å². The van der Waals surface area contributed by atoms with Crippen LogP contribution in [0.15, 0.2) is 36.5 Å². The van der Waals surface area contributed by atoms with E-state index in [0.29, 0.717) is 17.9 Å². The summed E-state index contributed by atoms with van der Waals surface area (Å²) in [6.45, 7) is 2.60. The summed E-state index contributed by atoms with van der Waals surface area (Å²) in [5.41, 5.74) is 3.85. The molecule has 21 heavy (non-hydrogen) atoms. The first kappa shape index (κ1) is 13.1. The highest BCUT2D eigenvalue weighted by atomic mass is 15.1. The van der Waals surface area contributed by atoms with E-state index in [4.69, 9.17) is 5.26 Å². The molecule has 2 aromatic heterocycles. The van der Waals surface area contributed by atoms with Gasteiger partial charge in [-0.3, -0.25) is 0 Å². The maximum absolute atomic E-state index is 9.07. The van der Waals surface area contributed by atoms with Crippen molar-refractivity contribution in [2.75, 3.05) is 5.32 Å². The van der Waals surface area contributed by atoms with Crippen molar-refractivity contribution in [1.29, 1.82) is 5.26 Å². The van der Waals surface area contributed by atoms with Crippen LogP contribution in [0.4, 0.5) is 5.82 Å². The second kappa shape index (κ2) is 5.25. The summed E-state index contributed by atoms with van der Waals surface area (Å²) in [4.78, 5) is 8.83. The third-order valence-corrected chi connectivity index (χ3v) is 3.53. The Balaban J connectivity index is 1.91. The van der Waals surface area contributed by atoms with Crippen molar-refractivity contribution < 1.29 is 0 Å². The van der Waals surface area contributed by atoms with Crippen LogP contribution >= 0.6 is 0 Å². The zero-order valence-electron chi connectivity index (χ0n) is 12.0. The predicted octanol–water partition coefficient (Wildman–Crippen LogP) is 2.76. The van der Waals surface area contributed by atoms with Gasteiger partial charge in [0.05, 0.1) is 23.1 Å². The van der Waals surface area contributed by atoms with Gasteiger partial charge in [0.2, 0.25) is 0 Å². The smallest absolute Gasteiger partial charge is 0.144 e. The molecule has 0 fully saturated rings. The van der Waals surface area contributed by atoms with Crippen LogP contribution in [0.1, 0.15) is 17.0 Å². The van der Waals surface area contributed by atoms with E-state index in [-0.39, 0.29) is 0 Å². The molecule has 104 valence electrons. The number of rotatable bonds is 3. The fraction of sp³-hybridized carbons (Fsp3) is 0.188. The Kier molecular flexibility index (Phi) is 3.28. The van der Waals surface area contributed by atoms with Gasteiger partial charge in [-0.05, 0) is 30.7 Å². The van der Waals surface area contributed by atoms with Crippen molar-refractivity contribution in [3.8, 4) is 6.07 Å². The third kappa shape index (κ3) is 2.32. The number of nitriles is 1. The van der Waals surface area contributed by atoms with Gasteiger partial charge in [0.1, 0.15) is 17.7 Å². The molecule has 0 spiro atoms. The minimum Gasteiger partial charge on any atom is -0.362 e. The van der Waals surface area contributed by atoms with Crippen molar-refractivity contribution in [3.05, 3.63) is 53.5 Å². The van der Waals surface area contributed by atoms with Crippen molar-refractivity contribution >= 4 is 16.9 Å². The molecular formula is C16H15N5. The number of hydrogen-bond acceptors (Lipinski definition) is 4. The summed E-state index contributed by atoms with van der Waals surface area (Å²) < 4.78 is 2.08. The van der Waals surface area contributed by atoms with Crippen LogP contribution in [0, 0.1) is 18.3 Å². The maximum atomic E-state index is 9.07. The van der Waals surface area contributed by atoms with Crippen LogP contribution in [0.5, 0.6) is 0 Å². The fourth-order valence-electron chi connectivity index (χ4n) is 2.47. The summed E-state index contributed by atoms with van der Waals surface area (Å²) in [6.07, 6.45) is 1.67. The molecule has 1 N–H and O–H groups in total. The topological polar surface area (TPSA) is 66.5 Å². The number of nitrogens with zero attached hydrogens (tertiary/aromatic N) is 4. The highest BCUT2D eigenvalue weighted by Gasteiger charge is 2.10. The second-order valence-corrected chi connectivity index (χ2v) is 4.89. The average Bonchev–Trinajstić information content (AvgIpc) is 2.83. The summed E-state index contributed by atoms with van der Waals surface area (Å²) in [5, 5.41) is 12.3. The number of anilines is 1. The lowest BCUT2D eigenvalue weighted by Crippen LogP contribution is -2.08. The van der Waals surface area contributed by atoms with E-state index in [1.807, 2.05) is 19.2 Å². The molecule has 3 aromatic rings. The highest BCUT2D eigenvalue weighted by Crippen LogP contribution is 2.19. The van der Waals surface area contributed by atoms with Crippen LogP contribution in [-0.2, 0) is 13.6 Å². The number of nitrogens with one attached hydrogen (secondary N) is 1. The number of fused-ring (bicyclic) bond motifs is 1. The van der Waals surface area contributed by atoms with Crippen molar-refractivity contribution in [2.45, 2.75) is 13.5 Å². The standard InChI is InChI=1S/C16H15N5/c1-11-5-3-7-13-15(11)21(2)14(20-13)10-19-16-12(9-17)6-4-8-18-16/h3-8H,10H2,1-2H3,(H,18,19). The van der Waals surface area contributed by atoms with Crippen LogP contribution in [0.3, 0.4) is 0 Å². The van der Waals surface area contributed by atoms with Gasteiger partial charge in [0.25, 0.3) is 0 Å². The molecule has 5 heteroatoms. The van der Waals surface area contributed by atoms with E-state index in [1.54, 1.807) is 18.3 Å². The maximum Gasteiger partial charge on any atom is 0.144 e. The molecule has 0 radical (unpaired) electrons. The Morgan fingerprint density at radius 3 is 2.90 bits per heavy atom. The van der Waals surface area contributed by atoms with E-state index in [9.17, 15) is 0 Å². The van der Waals surface area contributed by atoms with Crippen molar-refractivity contribution in [1.82, 2.24) is 14.5 Å². The van der Waals surface area contributed by atoms with E-state index < -0.39 is 0 Å². The average molecular weight is 277 g/mol. The minimum atomic E-state index is 0.524. The van der Waals surface area contributed by atoms with Crippen LogP contribution < -0.4 is 5.32 Å². The molecule has 0 aliphatic carbocycles. The molecule has 0 aliphatic rings. The molecule has 0 saturated heterocycles. The first-order valence-electron chi connectivity index (χ1n) is 6.70. The molecule has 5 nitrogen and oxygen atoms in total. The molecule has 0 saturated carbocycles. The van der Waals surface area contributed by atoms with E-state index >= 15 is 0 Å². The minimum absolute atomic E-state index is 0.524. The summed E-state index contributed by atoms with van der Waals surface area (Å²) >= 11 is 0. The van der Waals surface area contributed by atoms with Gasteiger partial charge in [-0.15, -0.1) is 0 Å². The van der Waals surface area contributed by atoms with E-state index in [0.717, 1.165) is 16.9 Å². The van der Waals surface area contributed by atoms with Gasteiger partial charge in [-0.1, -0.05) is 12.1 Å². The number of aromatic nitrogens is 3. The van der Waals surface area contributed by atoms with Gasteiger partial charge >= 0.3 is 0 Å². The number of aryl methyl sites for hydroxylation is 2. The quantitative estimate of drug-likeness (QED) is 0.799. The van der Waals surface area contributed by atoms with Gasteiger partial charge in [-0.2, -0.15) is 5.26 Å². The van der Waals surface area contributed by atoms with Crippen molar-refractivity contribution in [2.24, 2.45) is 7.05 Å². The Bertz CT molecular complexity index is 841.